The van der Waals surface area contributed by atoms with Crippen molar-refractivity contribution in [2.75, 3.05) is 24.5 Å². The number of rotatable bonds is 6. The third-order valence-electron chi connectivity index (χ3n) is 4.68. The van der Waals surface area contributed by atoms with E-state index in [0.29, 0.717) is 30.2 Å². The number of anilines is 1. The Morgan fingerprint density at radius 1 is 1.32 bits per heavy atom. The van der Waals surface area contributed by atoms with Crippen molar-refractivity contribution in [3.8, 4) is 0 Å². The zero-order valence-electron chi connectivity index (χ0n) is 15.1. The molecular weight excluding hydrogens is 318 g/mol. The standard InChI is InChI=1S/C18H25N5O2/c1-4-16-20-17(21-25-16)14-8-7-11-23(14)18(24)13-9-10-15(19-12-13)22(5-2)6-3/h9-10,12,14H,4-8,11H2,1-3H3. The Morgan fingerprint density at radius 2 is 2.12 bits per heavy atom. The topological polar surface area (TPSA) is 75.4 Å². The van der Waals surface area contributed by atoms with Crippen LogP contribution in [-0.2, 0) is 6.42 Å². The number of likely N-dealkylation sites (tertiary alicyclic amines) is 1. The van der Waals surface area contributed by atoms with Crippen molar-refractivity contribution in [3.63, 3.8) is 0 Å². The summed E-state index contributed by atoms with van der Waals surface area (Å²) in [5.74, 6) is 2.09. The highest BCUT2D eigenvalue weighted by molar-refractivity contribution is 5.94. The van der Waals surface area contributed by atoms with Gasteiger partial charge in [0.25, 0.3) is 5.91 Å². The number of hydrogen-bond donors (Lipinski definition) is 0. The molecule has 2 aromatic rings. The van der Waals surface area contributed by atoms with Crippen LogP contribution in [0.1, 0.15) is 61.7 Å². The van der Waals surface area contributed by atoms with E-state index < -0.39 is 0 Å². The van der Waals surface area contributed by atoms with Crippen LogP contribution in [0.3, 0.4) is 0 Å². The van der Waals surface area contributed by atoms with Crippen molar-refractivity contribution in [1.29, 1.82) is 0 Å². The van der Waals surface area contributed by atoms with Crippen LogP contribution in [0, 0.1) is 0 Å². The maximum atomic E-state index is 12.9. The molecule has 7 heteroatoms. The molecule has 0 saturated carbocycles. The van der Waals surface area contributed by atoms with Gasteiger partial charge in [0.05, 0.1) is 11.6 Å². The van der Waals surface area contributed by atoms with E-state index in [-0.39, 0.29) is 11.9 Å². The maximum absolute atomic E-state index is 12.9. The Morgan fingerprint density at radius 3 is 2.72 bits per heavy atom. The molecule has 1 amide bonds. The number of amides is 1. The van der Waals surface area contributed by atoms with Crippen molar-refractivity contribution in [2.24, 2.45) is 0 Å². The molecule has 25 heavy (non-hydrogen) atoms. The monoisotopic (exact) mass is 343 g/mol. The average molecular weight is 343 g/mol. The van der Waals surface area contributed by atoms with Gasteiger partial charge in [-0.1, -0.05) is 12.1 Å². The van der Waals surface area contributed by atoms with Crippen LogP contribution in [0.25, 0.3) is 0 Å². The second kappa shape index (κ2) is 7.63. The summed E-state index contributed by atoms with van der Waals surface area (Å²) in [6, 6.07) is 3.65. The van der Waals surface area contributed by atoms with E-state index in [9.17, 15) is 4.79 Å². The van der Waals surface area contributed by atoms with Gasteiger partial charge in [0.2, 0.25) is 5.89 Å². The quantitative estimate of drug-likeness (QED) is 0.803. The van der Waals surface area contributed by atoms with Crippen LogP contribution >= 0.6 is 0 Å². The van der Waals surface area contributed by atoms with Crippen LogP contribution in [-0.4, -0.2) is 45.6 Å². The minimum atomic E-state index is -0.112. The fraction of sp³-hybridized carbons (Fsp3) is 0.556. The normalized spacial score (nSPS) is 17.1. The molecule has 0 bridgehead atoms. The van der Waals surface area contributed by atoms with Crippen LogP contribution in [0.15, 0.2) is 22.9 Å². The van der Waals surface area contributed by atoms with Gasteiger partial charge in [-0.05, 0) is 38.8 Å². The molecule has 3 rings (SSSR count). The fourth-order valence-corrected chi connectivity index (χ4v) is 3.24. The highest BCUT2D eigenvalue weighted by Crippen LogP contribution is 2.31. The van der Waals surface area contributed by atoms with Crippen LogP contribution in [0.2, 0.25) is 0 Å². The molecule has 1 unspecified atom stereocenters. The lowest BCUT2D eigenvalue weighted by molar-refractivity contribution is 0.0728. The number of pyridine rings is 1. The van der Waals surface area contributed by atoms with Crippen molar-refractivity contribution in [3.05, 3.63) is 35.6 Å². The summed E-state index contributed by atoms with van der Waals surface area (Å²) >= 11 is 0. The summed E-state index contributed by atoms with van der Waals surface area (Å²) in [7, 11) is 0. The molecule has 0 radical (unpaired) electrons. The van der Waals surface area contributed by atoms with E-state index in [4.69, 9.17) is 4.52 Å². The molecule has 1 atom stereocenters. The molecule has 1 saturated heterocycles. The molecule has 0 aliphatic carbocycles. The Hall–Kier alpha value is -2.44. The zero-order chi connectivity index (χ0) is 17.8. The highest BCUT2D eigenvalue weighted by atomic mass is 16.5. The van der Waals surface area contributed by atoms with Crippen LogP contribution < -0.4 is 4.90 Å². The molecule has 1 fully saturated rings. The van der Waals surface area contributed by atoms with Gasteiger partial charge in [-0.3, -0.25) is 4.79 Å². The van der Waals surface area contributed by atoms with Gasteiger partial charge in [-0.15, -0.1) is 0 Å². The molecule has 1 aliphatic rings. The smallest absolute Gasteiger partial charge is 0.256 e. The summed E-state index contributed by atoms with van der Waals surface area (Å²) in [4.78, 5) is 25.8. The van der Waals surface area contributed by atoms with Gasteiger partial charge in [-0.25, -0.2) is 4.98 Å². The summed E-state index contributed by atoms with van der Waals surface area (Å²) in [5, 5.41) is 4.05. The minimum absolute atomic E-state index is 0.0241. The van der Waals surface area contributed by atoms with E-state index >= 15 is 0 Å². The molecule has 3 heterocycles. The third kappa shape index (κ3) is 3.50. The maximum Gasteiger partial charge on any atom is 0.256 e. The lowest BCUT2D eigenvalue weighted by Crippen LogP contribution is -2.31. The molecule has 134 valence electrons. The lowest BCUT2D eigenvalue weighted by Gasteiger charge is -2.23. The number of carbonyl (C=O) groups is 1. The minimum Gasteiger partial charge on any atom is -0.357 e. The van der Waals surface area contributed by atoms with Crippen LogP contribution in [0.4, 0.5) is 5.82 Å². The van der Waals surface area contributed by atoms with E-state index in [1.54, 1.807) is 6.20 Å². The molecule has 1 aliphatic heterocycles. The second-order valence-corrected chi connectivity index (χ2v) is 6.13. The molecule has 0 N–H and O–H groups in total. The van der Waals surface area contributed by atoms with E-state index in [0.717, 1.165) is 31.7 Å². The lowest BCUT2D eigenvalue weighted by atomic mass is 10.2. The van der Waals surface area contributed by atoms with E-state index in [1.165, 1.54) is 0 Å². The molecule has 0 aromatic carbocycles. The van der Waals surface area contributed by atoms with Gasteiger partial charge < -0.3 is 14.3 Å². The van der Waals surface area contributed by atoms with Crippen LogP contribution in [0.5, 0.6) is 0 Å². The van der Waals surface area contributed by atoms with Gasteiger partial charge in [-0.2, -0.15) is 4.98 Å². The summed E-state index contributed by atoms with van der Waals surface area (Å²) < 4.78 is 5.21. The summed E-state index contributed by atoms with van der Waals surface area (Å²) in [5.41, 5.74) is 0.599. The van der Waals surface area contributed by atoms with Crippen molar-refractivity contribution in [2.45, 2.75) is 46.1 Å². The Balaban J connectivity index is 1.77. The SMILES string of the molecule is CCc1nc(C2CCCN2C(=O)c2ccc(N(CC)CC)nc2)no1. The summed E-state index contributed by atoms with van der Waals surface area (Å²) in [6.07, 6.45) is 4.17. The van der Waals surface area contributed by atoms with Gasteiger partial charge in [0.15, 0.2) is 5.82 Å². The highest BCUT2D eigenvalue weighted by Gasteiger charge is 2.34. The first-order chi connectivity index (χ1) is 12.2. The van der Waals surface area contributed by atoms with E-state index in [1.807, 2.05) is 24.0 Å². The number of aromatic nitrogens is 3. The Bertz CT molecular complexity index is 709. The molecular formula is C18H25N5O2. The first-order valence-electron chi connectivity index (χ1n) is 9.02. The predicted octanol–water partition coefficient (Wildman–Crippen LogP) is 2.85. The van der Waals surface area contributed by atoms with Gasteiger partial charge >= 0.3 is 0 Å². The number of nitrogens with zero attached hydrogens (tertiary/aromatic N) is 5. The number of hydrogen-bond acceptors (Lipinski definition) is 6. The number of carbonyl (C=O) groups excluding carboxylic acids is 1. The van der Waals surface area contributed by atoms with E-state index in [2.05, 4.69) is 33.9 Å². The first-order valence-corrected chi connectivity index (χ1v) is 9.02. The Labute approximate surface area is 148 Å². The average Bonchev–Trinajstić information content (AvgIpc) is 3.31. The van der Waals surface area contributed by atoms with Crippen molar-refractivity contribution < 1.29 is 9.32 Å². The second-order valence-electron chi connectivity index (χ2n) is 6.13. The molecule has 2 aromatic heterocycles. The third-order valence-corrected chi connectivity index (χ3v) is 4.68. The van der Waals surface area contributed by atoms with Crippen molar-refractivity contribution >= 4 is 11.7 Å². The molecule has 7 nitrogen and oxygen atoms in total. The Kier molecular flexibility index (Phi) is 5.31. The predicted molar refractivity (Wildman–Crippen MR) is 94.5 cm³/mol. The van der Waals surface area contributed by atoms with Crippen molar-refractivity contribution in [1.82, 2.24) is 20.0 Å². The zero-order valence-corrected chi connectivity index (χ0v) is 15.1. The molecule has 0 spiro atoms. The van der Waals surface area contributed by atoms with Gasteiger partial charge in [0, 0.05) is 32.3 Å². The first kappa shape index (κ1) is 17.4. The largest absolute Gasteiger partial charge is 0.357 e. The fourth-order valence-electron chi connectivity index (χ4n) is 3.24. The summed E-state index contributed by atoms with van der Waals surface area (Å²) in [6.45, 7) is 8.64. The van der Waals surface area contributed by atoms with Gasteiger partial charge in [0.1, 0.15) is 5.82 Å². The number of aryl methyl sites for hydroxylation is 1.